The van der Waals surface area contributed by atoms with Crippen LogP contribution >= 0.6 is 11.6 Å². The van der Waals surface area contributed by atoms with Crippen molar-refractivity contribution in [3.05, 3.63) is 76.6 Å². The highest BCUT2D eigenvalue weighted by atomic mass is 35.5. The first-order valence-corrected chi connectivity index (χ1v) is 9.61. The van der Waals surface area contributed by atoms with Gasteiger partial charge in [0.15, 0.2) is 0 Å². The largest absolute Gasteiger partial charge is 0.465 e. The molecule has 0 saturated heterocycles. The summed E-state index contributed by atoms with van der Waals surface area (Å²) >= 11 is 5.90. The molecule has 5 nitrogen and oxygen atoms in total. The Bertz CT molecular complexity index is 940. The number of ether oxygens (including phenoxy) is 2. The number of carbonyl (C=O) groups is 2. The minimum atomic E-state index is -0.897. The molecule has 2 aliphatic rings. The van der Waals surface area contributed by atoms with E-state index < -0.39 is 11.5 Å². The Morgan fingerprint density at radius 3 is 2.75 bits per heavy atom. The summed E-state index contributed by atoms with van der Waals surface area (Å²) in [6.07, 6.45) is 5.94. The number of halogens is 1. The molecular weight excluding hydrogens is 378 g/mol. The molecule has 144 valence electrons. The van der Waals surface area contributed by atoms with E-state index in [1.165, 1.54) is 6.92 Å². The van der Waals surface area contributed by atoms with Gasteiger partial charge in [-0.1, -0.05) is 35.9 Å². The maximum Gasteiger partial charge on any atom is 0.319 e. The lowest BCUT2D eigenvalue weighted by atomic mass is 9.54. The fraction of sp³-hybridized carbons (Fsp3) is 0.318. The SMILES string of the molecule is CC(=O)O[C@@H]1C=C[C@H]2c3cccnc3[C@@]2(C(=O)OCCc2ccc(Cl)cc2)C1. The highest BCUT2D eigenvalue weighted by Gasteiger charge is 2.61. The maximum absolute atomic E-state index is 13.2. The Morgan fingerprint density at radius 2 is 2.00 bits per heavy atom. The summed E-state index contributed by atoms with van der Waals surface area (Å²) in [5.41, 5.74) is 1.89. The zero-order valence-corrected chi connectivity index (χ0v) is 16.2. The van der Waals surface area contributed by atoms with Gasteiger partial charge in [0.1, 0.15) is 11.5 Å². The second-order valence-electron chi connectivity index (χ2n) is 7.14. The number of rotatable bonds is 5. The van der Waals surface area contributed by atoms with Crippen LogP contribution in [0.4, 0.5) is 0 Å². The average Bonchev–Trinajstić information content (AvgIpc) is 2.67. The third-order valence-electron chi connectivity index (χ3n) is 5.39. The molecule has 4 rings (SSSR count). The molecule has 0 unspecified atom stereocenters. The first-order valence-electron chi connectivity index (χ1n) is 9.23. The van der Waals surface area contributed by atoms with Gasteiger partial charge in [0.2, 0.25) is 0 Å². The van der Waals surface area contributed by atoms with Crippen molar-refractivity contribution < 1.29 is 19.1 Å². The van der Waals surface area contributed by atoms with Crippen molar-refractivity contribution in [1.82, 2.24) is 4.98 Å². The molecule has 0 amide bonds. The van der Waals surface area contributed by atoms with Crippen LogP contribution in [0.2, 0.25) is 5.02 Å². The number of aromatic nitrogens is 1. The predicted molar refractivity (Wildman–Crippen MR) is 104 cm³/mol. The van der Waals surface area contributed by atoms with Gasteiger partial charge >= 0.3 is 11.9 Å². The van der Waals surface area contributed by atoms with Gasteiger partial charge in [-0.25, -0.2) is 0 Å². The van der Waals surface area contributed by atoms with E-state index in [-0.39, 0.29) is 24.5 Å². The summed E-state index contributed by atoms with van der Waals surface area (Å²) < 4.78 is 11.0. The molecule has 1 aromatic carbocycles. The first-order chi connectivity index (χ1) is 13.5. The van der Waals surface area contributed by atoms with Crippen LogP contribution in [0.5, 0.6) is 0 Å². The fourth-order valence-electron chi connectivity index (χ4n) is 4.13. The van der Waals surface area contributed by atoms with Crippen molar-refractivity contribution in [3.63, 3.8) is 0 Å². The Morgan fingerprint density at radius 1 is 1.21 bits per heavy atom. The number of benzene rings is 1. The molecule has 0 bridgehead atoms. The van der Waals surface area contributed by atoms with E-state index in [4.69, 9.17) is 21.1 Å². The third kappa shape index (κ3) is 3.20. The Kier molecular flexibility index (Phi) is 4.94. The minimum Gasteiger partial charge on any atom is -0.465 e. The molecule has 0 aliphatic heterocycles. The lowest BCUT2D eigenvalue weighted by Crippen LogP contribution is -2.55. The normalized spacial score (nSPS) is 24.5. The monoisotopic (exact) mass is 397 g/mol. The van der Waals surface area contributed by atoms with Crippen molar-refractivity contribution >= 4 is 23.5 Å². The molecule has 1 aromatic heterocycles. The summed E-state index contributed by atoms with van der Waals surface area (Å²) in [5.74, 6) is -0.801. The quantitative estimate of drug-likeness (QED) is 0.568. The molecular formula is C22H20ClNO4. The Labute approximate surface area is 168 Å². The summed E-state index contributed by atoms with van der Waals surface area (Å²) in [7, 11) is 0. The highest BCUT2D eigenvalue weighted by molar-refractivity contribution is 6.30. The summed E-state index contributed by atoms with van der Waals surface area (Å²) in [5, 5.41) is 0.671. The molecule has 28 heavy (non-hydrogen) atoms. The van der Waals surface area contributed by atoms with Crippen LogP contribution in [0, 0.1) is 0 Å². The number of pyridine rings is 1. The van der Waals surface area contributed by atoms with Gasteiger partial charge in [-0.3, -0.25) is 14.6 Å². The van der Waals surface area contributed by atoms with Crippen molar-refractivity contribution in [1.29, 1.82) is 0 Å². The van der Waals surface area contributed by atoms with Crippen LogP contribution in [-0.2, 0) is 30.9 Å². The zero-order chi connectivity index (χ0) is 19.7. The van der Waals surface area contributed by atoms with E-state index in [9.17, 15) is 9.59 Å². The number of fused-ring (bicyclic) bond motifs is 4. The number of hydrogen-bond donors (Lipinski definition) is 0. The zero-order valence-electron chi connectivity index (χ0n) is 15.4. The van der Waals surface area contributed by atoms with Crippen LogP contribution in [0.25, 0.3) is 0 Å². The standard InChI is InChI=1S/C22H20ClNO4/c1-14(25)28-17-8-9-19-18-3-2-11-24-20(18)22(19,13-17)21(26)27-12-10-15-4-6-16(23)7-5-15/h2-9,11,17,19H,10,12-13H2,1H3/t17-,19+,22-/m1/s1. The summed E-state index contributed by atoms with van der Waals surface area (Å²) in [6.45, 7) is 1.63. The van der Waals surface area contributed by atoms with E-state index in [1.54, 1.807) is 6.20 Å². The summed E-state index contributed by atoms with van der Waals surface area (Å²) in [4.78, 5) is 29.0. The van der Waals surface area contributed by atoms with Crippen molar-refractivity contribution in [2.75, 3.05) is 6.61 Å². The second-order valence-corrected chi connectivity index (χ2v) is 7.58. The third-order valence-corrected chi connectivity index (χ3v) is 5.64. The van der Waals surface area contributed by atoms with Crippen LogP contribution in [0.15, 0.2) is 54.7 Å². The molecule has 0 spiro atoms. The molecule has 0 radical (unpaired) electrons. The smallest absolute Gasteiger partial charge is 0.319 e. The maximum atomic E-state index is 13.2. The van der Waals surface area contributed by atoms with Gasteiger partial charge in [-0.15, -0.1) is 0 Å². The molecule has 3 atom stereocenters. The van der Waals surface area contributed by atoms with Crippen LogP contribution in [0.3, 0.4) is 0 Å². The van der Waals surface area contributed by atoms with E-state index in [2.05, 4.69) is 4.98 Å². The number of carbonyl (C=O) groups excluding carboxylic acids is 2. The highest BCUT2D eigenvalue weighted by Crippen LogP contribution is 2.57. The number of allylic oxidation sites excluding steroid dienone is 1. The van der Waals surface area contributed by atoms with Gasteiger partial charge in [0.05, 0.1) is 12.3 Å². The topological polar surface area (TPSA) is 65.5 Å². The predicted octanol–water partition coefficient (Wildman–Crippen LogP) is 3.75. The minimum absolute atomic E-state index is 0.106. The first kappa shape index (κ1) is 18.7. The van der Waals surface area contributed by atoms with Crippen molar-refractivity contribution in [3.8, 4) is 0 Å². The van der Waals surface area contributed by atoms with Gasteiger partial charge in [0, 0.05) is 36.9 Å². The lowest BCUT2D eigenvalue weighted by molar-refractivity contribution is -0.158. The van der Waals surface area contributed by atoms with Gasteiger partial charge in [0.25, 0.3) is 0 Å². The second kappa shape index (κ2) is 7.40. The molecule has 2 aliphatic carbocycles. The number of nitrogens with zero attached hydrogens (tertiary/aromatic N) is 1. The van der Waals surface area contributed by atoms with Crippen LogP contribution < -0.4 is 0 Å². The lowest BCUT2D eigenvalue weighted by Gasteiger charge is -2.49. The molecule has 2 aromatic rings. The van der Waals surface area contributed by atoms with Crippen molar-refractivity contribution in [2.45, 2.75) is 37.2 Å². The molecule has 6 heteroatoms. The van der Waals surface area contributed by atoms with Gasteiger partial charge < -0.3 is 9.47 Å². The summed E-state index contributed by atoms with van der Waals surface area (Å²) in [6, 6.07) is 11.3. The Hall–Kier alpha value is -2.66. The number of esters is 2. The Balaban J connectivity index is 1.52. The van der Waals surface area contributed by atoms with Gasteiger partial charge in [-0.05, 0) is 35.4 Å². The number of hydrogen-bond acceptors (Lipinski definition) is 5. The molecule has 0 fully saturated rings. The molecule has 0 saturated carbocycles. The van der Waals surface area contributed by atoms with E-state index >= 15 is 0 Å². The van der Waals surface area contributed by atoms with Crippen molar-refractivity contribution in [2.24, 2.45) is 0 Å². The molecule has 1 heterocycles. The molecule has 0 N–H and O–H groups in total. The van der Waals surface area contributed by atoms with Crippen LogP contribution in [-0.4, -0.2) is 29.6 Å². The van der Waals surface area contributed by atoms with E-state index in [0.717, 1.165) is 16.8 Å². The van der Waals surface area contributed by atoms with E-state index in [1.807, 2.05) is 48.6 Å². The fourth-order valence-corrected chi connectivity index (χ4v) is 4.26. The van der Waals surface area contributed by atoms with Gasteiger partial charge in [-0.2, -0.15) is 0 Å². The van der Waals surface area contributed by atoms with Crippen LogP contribution in [0.1, 0.15) is 36.1 Å². The van der Waals surface area contributed by atoms with E-state index in [0.29, 0.717) is 17.9 Å². The average molecular weight is 398 g/mol.